The summed E-state index contributed by atoms with van der Waals surface area (Å²) in [5.74, 6) is 0.375. The summed E-state index contributed by atoms with van der Waals surface area (Å²) in [5.41, 5.74) is 1.23. The summed E-state index contributed by atoms with van der Waals surface area (Å²) < 4.78 is 11.1. The Labute approximate surface area is 127 Å². The summed E-state index contributed by atoms with van der Waals surface area (Å²) in [6.45, 7) is 2.68. The molecule has 0 fully saturated rings. The van der Waals surface area contributed by atoms with Gasteiger partial charge in [-0.25, -0.2) is 4.79 Å². The molecule has 0 saturated heterocycles. The number of ether oxygens (including phenoxy) is 2. The van der Waals surface area contributed by atoms with E-state index in [2.05, 4.69) is 0 Å². The molecule has 1 N–H and O–H groups in total. The summed E-state index contributed by atoms with van der Waals surface area (Å²) in [6, 6.07) is 11.7. The molecule has 4 nitrogen and oxygen atoms in total. The third-order valence-electron chi connectivity index (χ3n) is 2.86. The zero-order valence-electron chi connectivity index (χ0n) is 11.5. The predicted molar refractivity (Wildman–Crippen MR) is 80.6 cm³/mol. The Bertz CT molecular complexity index is 623. The number of carboxylic acids is 1. The maximum Gasteiger partial charge on any atom is 0.335 e. The van der Waals surface area contributed by atoms with Gasteiger partial charge in [0, 0.05) is 5.02 Å². The Balaban J connectivity index is 1.81. The van der Waals surface area contributed by atoms with Gasteiger partial charge in [-0.3, -0.25) is 0 Å². The molecule has 5 heteroatoms. The van der Waals surface area contributed by atoms with Crippen LogP contribution in [0.2, 0.25) is 5.02 Å². The Morgan fingerprint density at radius 1 is 1.10 bits per heavy atom. The van der Waals surface area contributed by atoms with E-state index in [1.54, 1.807) is 18.2 Å². The summed E-state index contributed by atoms with van der Waals surface area (Å²) in [7, 11) is 0. The molecular formula is C16H15ClO4. The van der Waals surface area contributed by atoms with Crippen molar-refractivity contribution in [2.75, 3.05) is 13.2 Å². The standard InChI is InChI=1S/C16H15ClO4/c1-11-2-5-13(17)10-15(11)21-9-8-20-14-6-3-12(4-7-14)16(18)19/h2-7,10H,8-9H2,1H3,(H,18,19). The number of hydrogen-bond acceptors (Lipinski definition) is 3. The van der Waals surface area contributed by atoms with Crippen LogP contribution in [-0.2, 0) is 0 Å². The monoisotopic (exact) mass is 306 g/mol. The van der Waals surface area contributed by atoms with Crippen LogP contribution in [0.3, 0.4) is 0 Å². The highest BCUT2D eigenvalue weighted by atomic mass is 35.5. The lowest BCUT2D eigenvalue weighted by molar-refractivity contribution is 0.0697. The van der Waals surface area contributed by atoms with E-state index < -0.39 is 5.97 Å². The average Bonchev–Trinajstić information content (AvgIpc) is 2.47. The second-order valence-electron chi connectivity index (χ2n) is 4.44. The first kappa shape index (κ1) is 15.2. The van der Waals surface area contributed by atoms with Crippen molar-refractivity contribution in [3.8, 4) is 11.5 Å². The third kappa shape index (κ3) is 4.39. The quantitative estimate of drug-likeness (QED) is 0.825. The van der Waals surface area contributed by atoms with Crippen LogP contribution in [0.4, 0.5) is 0 Å². The van der Waals surface area contributed by atoms with E-state index >= 15 is 0 Å². The lowest BCUT2D eigenvalue weighted by Crippen LogP contribution is -2.09. The van der Waals surface area contributed by atoms with Gasteiger partial charge in [-0.1, -0.05) is 17.7 Å². The lowest BCUT2D eigenvalue weighted by Gasteiger charge is -2.10. The molecule has 2 aromatic carbocycles. The largest absolute Gasteiger partial charge is 0.490 e. The molecule has 0 aromatic heterocycles. The van der Waals surface area contributed by atoms with Crippen molar-refractivity contribution in [2.24, 2.45) is 0 Å². The smallest absolute Gasteiger partial charge is 0.335 e. The van der Waals surface area contributed by atoms with Crippen LogP contribution in [-0.4, -0.2) is 24.3 Å². The van der Waals surface area contributed by atoms with Gasteiger partial charge in [-0.2, -0.15) is 0 Å². The molecule has 0 aliphatic heterocycles. The fraction of sp³-hybridized carbons (Fsp3) is 0.188. The number of aromatic carboxylic acids is 1. The van der Waals surface area contributed by atoms with E-state index in [9.17, 15) is 4.79 Å². The molecule has 0 amide bonds. The first-order chi connectivity index (χ1) is 10.1. The summed E-state index contributed by atoms with van der Waals surface area (Å²) >= 11 is 5.91. The summed E-state index contributed by atoms with van der Waals surface area (Å²) in [5, 5.41) is 9.42. The molecule has 0 aliphatic rings. The zero-order chi connectivity index (χ0) is 15.2. The number of carboxylic acid groups (broad SMARTS) is 1. The van der Waals surface area contributed by atoms with Crippen molar-refractivity contribution < 1.29 is 19.4 Å². The van der Waals surface area contributed by atoms with E-state index in [0.717, 1.165) is 11.3 Å². The van der Waals surface area contributed by atoms with Crippen molar-refractivity contribution in [2.45, 2.75) is 6.92 Å². The first-order valence-corrected chi connectivity index (χ1v) is 6.79. The van der Waals surface area contributed by atoms with Gasteiger partial charge in [0.15, 0.2) is 0 Å². The van der Waals surface area contributed by atoms with Crippen molar-refractivity contribution >= 4 is 17.6 Å². The number of benzene rings is 2. The molecule has 0 bridgehead atoms. The fourth-order valence-electron chi connectivity index (χ4n) is 1.73. The highest BCUT2D eigenvalue weighted by molar-refractivity contribution is 6.30. The van der Waals surface area contributed by atoms with E-state index in [4.69, 9.17) is 26.2 Å². The minimum absolute atomic E-state index is 0.230. The van der Waals surface area contributed by atoms with Crippen LogP contribution in [0, 0.1) is 6.92 Å². The van der Waals surface area contributed by atoms with Gasteiger partial charge in [-0.05, 0) is 48.9 Å². The van der Waals surface area contributed by atoms with Gasteiger partial charge in [-0.15, -0.1) is 0 Å². The van der Waals surface area contributed by atoms with Gasteiger partial charge < -0.3 is 14.6 Å². The molecule has 0 heterocycles. The molecule has 2 aromatic rings. The van der Waals surface area contributed by atoms with Crippen molar-refractivity contribution in [1.82, 2.24) is 0 Å². The highest BCUT2D eigenvalue weighted by Crippen LogP contribution is 2.22. The molecule has 110 valence electrons. The minimum atomic E-state index is -0.957. The Morgan fingerprint density at radius 2 is 1.76 bits per heavy atom. The van der Waals surface area contributed by atoms with Crippen molar-refractivity contribution in [3.63, 3.8) is 0 Å². The number of rotatable bonds is 6. The van der Waals surface area contributed by atoms with Gasteiger partial charge in [0.05, 0.1) is 5.56 Å². The van der Waals surface area contributed by atoms with Crippen molar-refractivity contribution in [3.05, 3.63) is 58.6 Å². The van der Waals surface area contributed by atoms with E-state index in [-0.39, 0.29) is 5.56 Å². The lowest BCUT2D eigenvalue weighted by atomic mass is 10.2. The molecule has 0 atom stereocenters. The normalized spacial score (nSPS) is 10.2. The van der Waals surface area contributed by atoms with Crippen molar-refractivity contribution in [1.29, 1.82) is 0 Å². The average molecular weight is 307 g/mol. The van der Waals surface area contributed by atoms with E-state index in [1.807, 2.05) is 19.1 Å². The zero-order valence-corrected chi connectivity index (χ0v) is 12.3. The molecule has 0 aliphatic carbocycles. The van der Waals surface area contributed by atoms with Crippen LogP contribution in [0.15, 0.2) is 42.5 Å². The van der Waals surface area contributed by atoms with Crippen LogP contribution < -0.4 is 9.47 Å². The van der Waals surface area contributed by atoms with Crippen LogP contribution >= 0.6 is 11.6 Å². The van der Waals surface area contributed by atoms with E-state index in [0.29, 0.717) is 24.0 Å². The van der Waals surface area contributed by atoms with E-state index in [1.165, 1.54) is 12.1 Å². The Hall–Kier alpha value is -2.20. The first-order valence-electron chi connectivity index (χ1n) is 6.41. The number of aryl methyl sites for hydroxylation is 1. The maximum absolute atomic E-state index is 10.7. The number of halogens is 1. The van der Waals surface area contributed by atoms with Gasteiger partial charge in [0.2, 0.25) is 0 Å². The molecule has 2 rings (SSSR count). The molecule has 0 saturated carbocycles. The summed E-state index contributed by atoms with van der Waals surface area (Å²) in [4.78, 5) is 10.7. The third-order valence-corrected chi connectivity index (χ3v) is 3.10. The Morgan fingerprint density at radius 3 is 2.43 bits per heavy atom. The maximum atomic E-state index is 10.7. The van der Waals surface area contributed by atoms with Gasteiger partial charge in [0.25, 0.3) is 0 Å². The number of hydrogen-bond donors (Lipinski definition) is 1. The van der Waals surface area contributed by atoms with Gasteiger partial charge >= 0.3 is 5.97 Å². The molecule has 0 radical (unpaired) electrons. The topological polar surface area (TPSA) is 55.8 Å². The van der Waals surface area contributed by atoms with Crippen LogP contribution in [0.25, 0.3) is 0 Å². The van der Waals surface area contributed by atoms with Crippen LogP contribution in [0.1, 0.15) is 15.9 Å². The molecular weight excluding hydrogens is 292 g/mol. The van der Waals surface area contributed by atoms with Crippen LogP contribution in [0.5, 0.6) is 11.5 Å². The van der Waals surface area contributed by atoms with Gasteiger partial charge in [0.1, 0.15) is 24.7 Å². The summed E-state index contributed by atoms with van der Waals surface area (Å²) in [6.07, 6.45) is 0. The molecule has 21 heavy (non-hydrogen) atoms. The minimum Gasteiger partial charge on any atom is -0.490 e. The molecule has 0 spiro atoms. The predicted octanol–water partition coefficient (Wildman–Crippen LogP) is 3.80. The fourth-order valence-corrected chi connectivity index (χ4v) is 1.90. The highest BCUT2D eigenvalue weighted by Gasteiger charge is 2.03. The number of carbonyl (C=O) groups is 1. The Kier molecular flexibility index (Phi) is 5.06. The molecule has 0 unspecified atom stereocenters. The SMILES string of the molecule is Cc1ccc(Cl)cc1OCCOc1ccc(C(=O)O)cc1. The second-order valence-corrected chi connectivity index (χ2v) is 4.87. The second kappa shape index (κ2) is 6.99.